The lowest BCUT2D eigenvalue weighted by Gasteiger charge is -2.21. The quantitative estimate of drug-likeness (QED) is 0.557. The van der Waals surface area contributed by atoms with Gasteiger partial charge in [0.15, 0.2) is 5.13 Å². The van der Waals surface area contributed by atoms with Gasteiger partial charge in [0.1, 0.15) is 0 Å². The van der Waals surface area contributed by atoms with Crippen LogP contribution in [0.1, 0.15) is 16.8 Å². The predicted molar refractivity (Wildman–Crippen MR) is 114 cm³/mol. The molecular weight excluding hydrogens is 378 g/mol. The van der Waals surface area contributed by atoms with E-state index in [0.717, 1.165) is 24.2 Å². The van der Waals surface area contributed by atoms with E-state index in [4.69, 9.17) is 16.6 Å². The fourth-order valence-corrected chi connectivity index (χ4v) is 3.78. The largest absolute Gasteiger partial charge is 0.309 e. The highest BCUT2D eigenvalue weighted by atomic mass is 35.5. The third kappa shape index (κ3) is 5.16. The molecule has 0 saturated carbocycles. The zero-order valence-electron chi connectivity index (χ0n) is 15.4. The van der Waals surface area contributed by atoms with Crippen molar-refractivity contribution in [3.8, 4) is 11.3 Å². The molecule has 3 aromatic rings. The van der Waals surface area contributed by atoms with Crippen LogP contribution in [-0.4, -0.2) is 43.0 Å². The van der Waals surface area contributed by atoms with Gasteiger partial charge in [-0.2, -0.15) is 0 Å². The van der Waals surface area contributed by atoms with Crippen LogP contribution in [0.25, 0.3) is 11.3 Å². The van der Waals surface area contributed by atoms with Crippen LogP contribution in [0.2, 0.25) is 5.02 Å². The summed E-state index contributed by atoms with van der Waals surface area (Å²) in [6.07, 6.45) is 0.861. The Hall–Kier alpha value is -2.21. The predicted octanol–water partition coefficient (Wildman–Crippen LogP) is 5.06. The minimum absolute atomic E-state index is 0.0785. The van der Waals surface area contributed by atoms with Crippen molar-refractivity contribution in [2.45, 2.75) is 6.42 Å². The Balaban J connectivity index is 1.87. The normalized spacial score (nSPS) is 11.0. The van der Waals surface area contributed by atoms with Crippen molar-refractivity contribution < 1.29 is 4.79 Å². The second-order valence-corrected chi connectivity index (χ2v) is 7.78. The van der Waals surface area contributed by atoms with Crippen molar-refractivity contribution in [3.63, 3.8) is 0 Å². The topological polar surface area (TPSA) is 36.4 Å². The Kier molecular flexibility index (Phi) is 6.61. The molecule has 0 aliphatic heterocycles. The molecular formula is C21H22ClN3OS. The highest BCUT2D eigenvalue weighted by Gasteiger charge is 2.21. The van der Waals surface area contributed by atoms with Gasteiger partial charge in [-0.3, -0.25) is 9.69 Å². The van der Waals surface area contributed by atoms with Crippen LogP contribution in [0.4, 0.5) is 5.13 Å². The molecule has 2 aromatic carbocycles. The maximum absolute atomic E-state index is 13.1. The number of rotatable bonds is 7. The number of anilines is 1. The SMILES string of the molecule is CN(C)CCCN(C(=O)c1cccc(Cl)c1)c1nc(-c2ccccc2)cs1. The highest BCUT2D eigenvalue weighted by Crippen LogP contribution is 2.28. The molecule has 0 unspecified atom stereocenters. The number of hydrogen-bond donors (Lipinski definition) is 0. The summed E-state index contributed by atoms with van der Waals surface area (Å²) in [4.78, 5) is 21.7. The van der Waals surface area contributed by atoms with Crippen molar-refractivity contribution in [2.75, 3.05) is 32.1 Å². The molecule has 0 bridgehead atoms. The summed E-state index contributed by atoms with van der Waals surface area (Å²) < 4.78 is 0. The Morgan fingerprint density at radius 1 is 1.07 bits per heavy atom. The van der Waals surface area contributed by atoms with Crippen molar-refractivity contribution in [1.82, 2.24) is 9.88 Å². The van der Waals surface area contributed by atoms with E-state index >= 15 is 0 Å². The zero-order valence-corrected chi connectivity index (χ0v) is 17.0. The molecule has 6 heteroatoms. The third-order valence-corrected chi connectivity index (χ3v) is 5.19. The molecule has 1 aromatic heterocycles. The second kappa shape index (κ2) is 9.13. The van der Waals surface area contributed by atoms with E-state index in [9.17, 15) is 4.79 Å². The minimum Gasteiger partial charge on any atom is -0.309 e. The Morgan fingerprint density at radius 3 is 2.56 bits per heavy atom. The van der Waals surface area contributed by atoms with Gasteiger partial charge in [-0.1, -0.05) is 48.0 Å². The second-order valence-electron chi connectivity index (χ2n) is 6.51. The average molecular weight is 400 g/mol. The first-order chi connectivity index (χ1) is 13.0. The van der Waals surface area contributed by atoms with Gasteiger partial charge in [0, 0.05) is 28.1 Å². The fourth-order valence-electron chi connectivity index (χ4n) is 2.74. The van der Waals surface area contributed by atoms with Crippen molar-refractivity contribution in [2.24, 2.45) is 0 Å². The molecule has 140 valence electrons. The van der Waals surface area contributed by atoms with Crippen LogP contribution in [0.15, 0.2) is 60.0 Å². The molecule has 27 heavy (non-hydrogen) atoms. The van der Waals surface area contributed by atoms with Crippen LogP contribution >= 0.6 is 22.9 Å². The van der Waals surface area contributed by atoms with Crippen LogP contribution in [0.5, 0.6) is 0 Å². The summed E-state index contributed by atoms with van der Waals surface area (Å²) >= 11 is 7.57. The van der Waals surface area contributed by atoms with E-state index in [2.05, 4.69) is 4.90 Å². The van der Waals surface area contributed by atoms with Crippen LogP contribution < -0.4 is 4.90 Å². The van der Waals surface area contributed by atoms with Gasteiger partial charge >= 0.3 is 0 Å². The van der Waals surface area contributed by atoms with E-state index in [1.807, 2.05) is 49.8 Å². The summed E-state index contributed by atoms with van der Waals surface area (Å²) in [5, 5.41) is 3.25. The third-order valence-electron chi connectivity index (χ3n) is 4.10. The number of carbonyl (C=O) groups is 1. The van der Waals surface area contributed by atoms with Gasteiger partial charge < -0.3 is 4.90 Å². The van der Waals surface area contributed by atoms with Crippen molar-refractivity contribution in [1.29, 1.82) is 0 Å². The van der Waals surface area contributed by atoms with E-state index < -0.39 is 0 Å². The molecule has 0 aliphatic carbocycles. The maximum Gasteiger partial charge on any atom is 0.260 e. The van der Waals surface area contributed by atoms with E-state index in [-0.39, 0.29) is 5.91 Å². The molecule has 0 atom stereocenters. The van der Waals surface area contributed by atoms with Crippen molar-refractivity contribution >= 4 is 34.0 Å². The number of aromatic nitrogens is 1. The minimum atomic E-state index is -0.0785. The lowest BCUT2D eigenvalue weighted by Crippen LogP contribution is -2.33. The summed E-state index contributed by atoms with van der Waals surface area (Å²) in [5.41, 5.74) is 2.50. The van der Waals surface area contributed by atoms with E-state index in [1.54, 1.807) is 29.2 Å². The van der Waals surface area contributed by atoms with Crippen LogP contribution in [0, 0.1) is 0 Å². The van der Waals surface area contributed by atoms with E-state index in [0.29, 0.717) is 22.3 Å². The van der Waals surface area contributed by atoms with Gasteiger partial charge in [0.2, 0.25) is 0 Å². The Labute approximate surface area is 169 Å². The lowest BCUT2D eigenvalue weighted by atomic mass is 10.2. The molecule has 0 saturated heterocycles. The number of benzene rings is 2. The smallest absolute Gasteiger partial charge is 0.260 e. The summed E-state index contributed by atoms with van der Waals surface area (Å²) in [7, 11) is 4.06. The molecule has 0 N–H and O–H groups in total. The van der Waals surface area contributed by atoms with Gasteiger partial charge in [-0.15, -0.1) is 11.3 Å². The monoisotopic (exact) mass is 399 g/mol. The lowest BCUT2D eigenvalue weighted by molar-refractivity contribution is 0.0986. The number of hydrogen-bond acceptors (Lipinski definition) is 4. The molecule has 1 amide bonds. The first-order valence-electron chi connectivity index (χ1n) is 8.77. The van der Waals surface area contributed by atoms with E-state index in [1.165, 1.54) is 11.3 Å². The maximum atomic E-state index is 13.1. The first kappa shape index (κ1) is 19.5. The number of amides is 1. The van der Waals surface area contributed by atoms with Gasteiger partial charge in [0.25, 0.3) is 5.91 Å². The molecule has 0 fully saturated rings. The van der Waals surface area contributed by atoms with Crippen LogP contribution in [-0.2, 0) is 0 Å². The van der Waals surface area contributed by atoms with Crippen molar-refractivity contribution in [3.05, 3.63) is 70.6 Å². The summed E-state index contributed by atoms with van der Waals surface area (Å²) in [5.74, 6) is -0.0785. The standard InChI is InChI=1S/C21H22ClN3OS/c1-24(2)12-7-13-25(20(26)17-10-6-11-18(22)14-17)21-23-19(15-27-21)16-8-4-3-5-9-16/h3-6,8-11,14-15H,7,12-13H2,1-2H3. The molecule has 0 radical (unpaired) electrons. The summed E-state index contributed by atoms with van der Waals surface area (Å²) in [6, 6.07) is 17.1. The summed E-state index contributed by atoms with van der Waals surface area (Å²) in [6.45, 7) is 1.50. The number of carbonyl (C=O) groups excluding carboxylic acids is 1. The van der Waals surface area contributed by atoms with Gasteiger partial charge in [0.05, 0.1) is 5.69 Å². The highest BCUT2D eigenvalue weighted by molar-refractivity contribution is 7.14. The Morgan fingerprint density at radius 2 is 1.85 bits per heavy atom. The fraction of sp³-hybridized carbons (Fsp3) is 0.238. The molecule has 4 nitrogen and oxygen atoms in total. The number of thiazole rings is 1. The Bertz CT molecular complexity index is 895. The average Bonchev–Trinajstić information content (AvgIpc) is 3.15. The molecule has 1 heterocycles. The van der Waals surface area contributed by atoms with Gasteiger partial charge in [-0.25, -0.2) is 4.98 Å². The van der Waals surface area contributed by atoms with Crippen LogP contribution in [0.3, 0.4) is 0 Å². The van der Waals surface area contributed by atoms with Gasteiger partial charge in [-0.05, 0) is 45.3 Å². The molecule has 3 rings (SSSR count). The number of nitrogens with zero attached hydrogens (tertiary/aromatic N) is 3. The first-order valence-corrected chi connectivity index (χ1v) is 10.0. The molecule has 0 spiro atoms. The zero-order chi connectivity index (χ0) is 19.2. The molecule has 0 aliphatic rings. The number of halogens is 1.